The molecule has 0 spiro atoms. The van der Waals surface area contributed by atoms with E-state index in [1.807, 2.05) is 19.2 Å². The van der Waals surface area contributed by atoms with Crippen molar-refractivity contribution in [2.75, 3.05) is 25.1 Å². The van der Waals surface area contributed by atoms with Crippen LogP contribution in [0.15, 0.2) is 5.38 Å². The second-order valence-electron chi connectivity index (χ2n) is 4.09. The Kier molecular flexibility index (Phi) is 4.09. The zero-order valence-corrected chi connectivity index (χ0v) is 10.8. The molecule has 17 heavy (non-hydrogen) atoms. The molecule has 0 bridgehead atoms. The first kappa shape index (κ1) is 12.5. The molecule has 6 heteroatoms. The van der Waals surface area contributed by atoms with Crippen molar-refractivity contribution in [3.8, 4) is 0 Å². The Balaban J connectivity index is 1.95. The molecule has 0 aromatic carbocycles. The van der Waals surface area contributed by atoms with E-state index in [1.54, 1.807) is 0 Å². The summed E-state index contributed by atoms with van der Waals surface area (Å²) in [4.78, 5) is 16.3. The number of likely N-dealkylation sites (N-methyl/N-ethyl adjacent to an activating group) is 1. The number of nitrogens with one attached hydrogen (secondary N) is 2. The van der Waals surface area contributed by atoms with Crippen LogP contribution in [0.1, 0.15) is 12.6 Å². The van der Waals surface area contributed by atoms with Crippen molar-refractivity contribution in [3.63, 3.8) is 0 Å². The first-order valence-electron chi connectivity index (χ1n) is 5.75. The first-order chi connectivity index (χ1) is 8.20. The predicted octanol–water partition coefficient (Wildman–Crippen LogP) is 1.01. The van der Waals surface area contributed by atoms with E-state index >= 15 is 0 Å². The van der Waals surface area contributed by atoms with Crippen molar-refractivity contribution in [1.82, 2.24) is 10.3 Å². The molecule has 1 aliphatic rings. The van der Waals surface area contributed by atoms with Gasteiger partial charge in [0, 0.05) is 11.4 Å². The van der Waals surface area contributed by atoms with Gasteiger partial charge in [-0.05, 0) is 13.5 Å². The van der Waals surface area contributed by atoms with Crippen molar-refractivity contribution in [2.45, 2.75) is 19.9 Å². The van der Waals surface area contributed by atoms with E-state index in [-0.39, 0.29) is 17.9 Å². The Hall–Kier alpha value is -0.980. The monoisotopic (exact) mass is 255 g/mol. The number of amides is 1. The number of hydrogen-bond acceptors (Lipinski definition) is 5. The SMILES string of the molecule is CCNC1COCC1C(=O)Nc1nc(C)cs1. The summed E-state index contributed by atoms with van der Waals surface area (Å²) >= 11 is 1.45. The summed E-state index contributed by atoms with van der Waals surface area (Å²) in [7, 11) is 0. The summed E-state index contributed by atoms with van der Waals surface area (Å²) in [6, 6.07) is 0.112. The molecule has 1 fully saturated rings. The maximum Gasteiger partial charge on any atom is 0.233 e. The van der Waals surface area contributed by atoms with Gasteiger partial charge in [-0.1, -0.05) is 6.92 Å². The highest BCUT2D eigenvalue weighted by atomic mass is 32.1. The minimum atomic E-state index is -0.126. The lowest BCUT2D eigenvalue weighted by molar-refractivity contribution is -0.120. The Labute approximate surface area is 105 Å². The van der Waals surface area contributed by atoms with Crippen molar-refractivity contribution in [2.24, 2.45) is 5.92 Å². The number of carbonyl (C=O) groups excluding carboxylic acids is 1. The lowest BCUT2D eigenvalue weighted by Gasteiger charge is -2.16. The molecule has 0 radical (unpaired) electrons. The molecular formula is C11H17N3O2S. The molecule has 1 amide bonds. The van der Waals surface area contributed by atoms with Gasteiger partial charge in [0.1, 0.15) is 0 Å². The van der Waals surface area contributed by atoms with Crippen LogP contribution in [-0.2, 0) is 9.53 Å². The van der Waals surface area contributed by atoms with Crippen LogP contribution >= 0.6 is 11.3 Å². The fourth-order valence-electron chi connectivity index (χ4n) is 1.89. The number of rotatable bonds is 4. The van der Waals surface area contributed by atoms with Gasteiger partial charge in [-0.2, -0.15) is 0 Å². The fraction of sp³-hybridized carbons (Fsp3) is 0.636. The summed E-state index contributed by atoms with van der Waals surface area (Å²) in [5, 5.41) is 8.69. The highest BCUT2D eigenvalue weighted by Gasteiger charge is 2.33. The predicted molar refractivity (Wildman–Crippen MR) is 67.3 cm³/mol. The van der Waals surface area contributed by atoms with E-state index in [4.69, 9.17) is 4.74 Å². The number of ether oxygens (including phenoxy) is 1. The summed E-state index contributed by atoms with van der Waals surface area (Å²) in [6.45, 7) is 5.86. The summed E-state index contributed by atoms with van der Waals surface area (Å²) in [5.74, 6) is -0.137. The third-order valence-corrected chi connectivity index (χ3v) is 3.61. The lowest BCUT2D eigenvalue weighted by Crippen LogP contribution is -2.41. The quantitative estimate of drug-likeness (QED) is 0.843. The third kappa shape index (κ3) is 3.02. The van der Waals surface area contributed by atoms with Crippen molar-refractivity contribution >= 4 is 22.4 Å². The third-order valence-electron chi connectivity index (χ3n) is 2.73. The van der Waals surface area contributed by atoms with Gasteiger partial charge < -0.3 is 15.4 Å². The average Bonchev–Trinajstić information content (AvgIpc) is 2.88. The van der Waals surface area contributed by atoms with Crippen LogP contribution in [0.25, 0.3) is 0 Å². The van der Waals surface area contributed by atoms with Gasteiger partial charge in [0.2, 0.25) is 5.91 Å². The molecule has 1 aromatic rings. The van der Waals surface area contributed by atoms with E-state index in [1.165, 1.54) is 11.3 Å². The van der Waals surface area contributed by atoms with Gasteiger partial charge in [-0.25, -0.2) is 4.98 Å². The van der Waals surface area contributed by atoms with E-state index in [0.29, 0.717) is 18.3 Å². The zero-order chi connectivity index (χ0) is 12.3. The van der Waals surface area contributed by atoms with Crippen LogP contribution in [-0.4, -0.2) is 36.7 Å². The van der Waals surface area contributed by atoms with Gasteiger partial charge >= 0.3 is 0 Å². The van der Waals surface area contributed by atoms with Crippen LogP contribution in [0, 0.1) is 12.8 Å². The Morgan fingerprint density at radius 3 is 3.12 bits per heavy atom. The second-order valence-corrected chi connectivity index (χ2v) is 4.95. The largest absolute Gasteiger partial charge is 0.379 e. The number of aryl methyl sites for hydroxylation is 1. The maximum absolute atomic E-state index is 12.0. The first-order valence-corrected chi connectivity index (χ1v) is 6.62. The smallest absolute Gasteiger partial charge is 0.233 e. The van der Waals surface area contributed by atoms with Crippen LogP contribution in [0.3, 0.4) is 0 Å². The van der Waals surface area contributed by atoms with Crippen LogP contribution in [0.4, 0.5) is 5.13 Å². The molecule has 94 valence electrons. The Bertz CT molecular complexity index is 394. The fourth-order valence-corrected chi connectivity index (χ4v) is 2.58. The van der Waals surface area contributed by atoms with Crippen molar-refractivity contribution in [3.05, 3.63) is 11.1 Å². The summed E-state index contributed by atoms with van der Waals surface area (Å²) in [5.41, 5.74) is 0.927. The van der Waals surface area contributed by atoms with Gasteiger partial charge in [-0.15, -0.1) is 11.3 Å². The summed E-state index contributed by atoms with van der Waals surface area (Å²) < 4.78 is 5.35. The number of nitrogens with zero attached hydrogens (tertiary/aromatic N) is 1. The maximum atomic E-state index is 12.0. The number of thiazole rings is 1. The molecular weight excluding hydrogens is 238 g/mol. The highest BCUT2D eigenvalue weighted by molar-refractivity contribution is 7.13. The minimum absolute atomic E-state index is 0.0113. The number of carbonyl (C=O) groups is 1. The number of hydrogen-bond donors (Lipinski definition) is 2. The van der Waals surface area contributed by atoms with Crippen LogP contribution < -0.4 is 10.6 Å². The molecule has 0 saturated carbocycles. The molecule has 2 unspecified atom stereocenters. The van der Waals surface area contributed by atoms with Crippen LogP contribution in [0.5, 0.6) is 0 Å². The van der Waals surface area contributed by atoms with Gasteiger partial charge in [-0.3, -0.25) is 4.79 Å². The molecule has 1 saturated heterocycles. The van der Waals surface area contributed by atoms with Crippen molar-refractivity contribution < 1.29 is 9.53 Å². The molecule has 2 heterocycles. The summed E-state index contributed by atoms with van der Waals surface area (Å²) in [6.07, 6.45) is 0. The minimum Gasteiger partial charge on any atom is -0.379 e. The molecule has 2 rings (SSSR count). The highest BCUT2D eigenvalue weighted by Crippen LogP contribution is 2.19. The molecule has 1 aromatic heterocycles. The second kappa shape index (κ2) is 5.57. The number of aromatic nitrogens is 1. The van der Waals surface area contributed by atoms with E-state index in [9.17, 15) is 4.79 Å². The molecule has 2 N–H and O–H groups in total. The normalized spacial score (nSPS) is 23.9. The molecule has 0 aliphatic carbocycles. The van der Waals surface area contributed by atoms with E-state index in [2.05, 4.69) is 15.6 Å². The lowest BCUT2D eigenvalue weighted by atomic mass is 10.0. The van der Waals surface area contributed by atoms with E-state index < -0.39 is 0 Å². The van der Waals surface area contributed by atoms with Gasteiger partial charge in [0.15, 0.2) is 5.13 Å². The van der Waals surface area contributed by atoms with E-state index in [0.717, 1.165) is 12.2 Å². The Morgan fingerprint density at radius 1 is 1.65 bits per heavy atom. The number of anilines is 1. The standard InChI is InChI=1S/C11H17N3O2S/c1-3-12-9-5-16-4-8(9)10(15)14-11-13-7(2)6-17-11/h6,8-9,12H,3-5H2,1-2H3,(H,13,14,15). The van der Waals surface area contributed by atoms with Gasteiger partial charge in [0.05, 0.1) is 24.8 Å². The zero-order valence-electron chi connectivity index (χ0n) is 10.0. The van der Waals surface area contributed by atoms with Crippen LogP contribution in [0.2, 0.25) is 0 Å². The molecule has 5 nitrogen and oxygen atoms in total. The Morgan fingerprint density at radius 2 is 2.47 bits per heavy atom. The van der Waals surface area contributed by atoms with Crippen molar-refractivity contribution in [1.29, 1.82) is 0 Å². The molecule has 2 atom stereocenters. The topological polar surface area (TPSA) is 63.2 Å². The molecule has 1 aliphatic heterocycles. The average molecular weight is 255 g/mol. The van der Waals surface area contributed by atoms with Gasteiger partial charge in [0.25, 0.3) is 0 Å².